The van der Waals surface area contributed by atoms with E-state index in [1.807, 2.05) is 19.9 Å². The van der Waals surface area contributed by atoms with E-state index in [1.165, 1.54) is 4.88 Å². The van der Waals surface area contributed by atoms with Gasteiger partial charge in [-0.05, 0) is 26.0 Å². The molecule has 2 amide bonds. The first-order valence-electron chi connectivity index (χ1n) is 6.86. The van der Waals surface area contributed by atoms with Gasteiger partial charge in [0.25, 0.3) is 0 Å². The monoisotopic (exact) mass is 316 g/mol. The Balaban J connectivity index is 1.62. The quantitative estimate of drug-likeness (QED) is 0.774. The maximum atomic E-state index is 11.9. The number of urea groups is 1. The van der Waals surface area contributed by atoms with Crippen molar-refractivity contribution in [2.75, 3.05) is 5.32 Å². The topological polar surface area (TPSA) is 80.0 Å². The van der Waals surface area contributed by atoms with Crippen LogP contribution in [0.1, 0.15) is 21.5 Å². The maximum Gasteiger partial charge on any atom is 0.319 e. The first-order chi connectivity index (χ1) is 10.5. The van der Waals surface area contributed by atoms with E-state index in [9.17, 15) is 4.79 Å². The SMILES string of the molecule is Cc1nc2ccc(NC(=O)NCc3nc(C)c(C)s3)cc2o1. The summed E-state index contributed by atoms with van der Waals surface area (Å²) >= 11 is 1.59. The van der Waals surface area contributed by atoms with Gasteiger partial charge in [0.1, 0.15) is 10.5 Å². The number of fused-ring (bicyclic) bond motifs is 1. The van der Waals surface area contributed by atoms with Gasteiger partial charge < -0.3 is 15.1 Å². The van der Waals surface area contributed by atoms with E-state index in [4.69, 9.17) is 4.42 Å². The largest absolute Gasteiger partial charge is 0.441 e. The molecule has 0 aliphatic rings. The molecule has 3 aromatic rings. The second-order valence-corrected chi connectivity index (χ2v) is 6.26. The van der Waals surface area contributed by atoms with Crippen molar-refractivity contribution in [2.24, 2.45) is 0 Å². The molecule has 2 heterocycles. The number of oxazole rings is 1. The third-order valence-electron chi connectivity index (χ3n) is 3.23. The van der Waals surface area contributed by atoms with Crippen molar-refractivity contribution in [2.45, 2.75) is 27.3 Å². The number of aromatic nitrogens is 2. The van der Waals surface area contributed by atoms with Crippen molar-refractivity contribution in [1.29, 1.82) is 0 Å². The van der Waals surface area contributed by atoms with Crippen LogP contribution in [-0.4, -0.2) is 16.0 Å². The lowest BCUT2D eigenvalue weighted by Crippen LogP contribution is -2.28. The number of anilines is 1. The zero-order chi connectivity index (χ0) is 15.7. The number of thiazole rings is 1. The Morgan fingerprint density at radius 3 is 2.82 bits per heavy atom. The van der Waals surface area contributed by atoms with Gasteiger partial charge in [-0.3, -0.25) is 0 Å². The third-order valence-corrected chi connectivity index (χ3v) is 4.30. The number of carbonyl (C=O) groups is 1. The fourth-order valence-corrected chi connectivity index (χ4v) is 2.94. The van der Waals surface area contributed by atoms with E-state index in [0.717, 1.165) is 16.2 Å². The van der Waals surface area contributed by atoms with Crippen molar-refractivity contribution in [1.82, 2.24) is 15.3 Å². The molecule has 0 aliphatic heterocycles. The Bertz CT molecular complexity index is 818. The lowest BCUT2D eigenvalue weighted by atomic mass is 10.3. The van der Waals surface area contributed by atoms with E-state index in [1.54, 1.807) is 30.4 Å². The van der Waals surface area contributed by atoms with Gasteiger partial charge in [-0.15, -0.1) is 11.3 Å². The Hall–Kier alpha value is -2.41. The van der Waals surface area contributed by atoms with Crippen LogP contribution >= 0.6 is 11.3 Å². The molecule has 3 rings (SSSR count). The van der Waals surface area contributed by atoms with Crippen LogP contribution in [0.3, 0.4) is 0 Å². The number of carbonyl (C=O) groups excluding carboxylic acids is 1. The number of hydrogen-bond acceptors (Lipinski definition) is 5. The minimum absolute atomic E-state index is 0.277. The van der Waals surface area contributed by atoms with E-state index in [0.29, 0.717) is 23.7 Å². The molecule has 0 saturated carbocycles. The summed E-state index contributed by atoms with van der Waals surface area (Å²) in [4.78, 5) is 21.7. The van der Waals surface area contributed by atoms with Gasteiger partial charge in [0.05, 0.1) is 12.2 Å². The standard InChI is InChI=1S/C15H16N4O2S/c1-8-9(2)22-14(17-8)7-16-15(20)19-11-4-5-12-13(6-11)21-10(3)18-12/h4-6H,7H2,1-3H3,(H2,16,19,20). The maximum absolute atomic E-state index is 11.9. The van der Waals surface area contributed by atoms with Crippen LogP contribution in [-0.2, 0) is 6.54 Å². The number of amides is 2. The summed E-state index contributed by atoms with van der Waals surface area (Å²) in [6.07, 6.45) is 0. The molecule has 114 valence electrons. The molecule has 22 heavy (non-hydrogen) atoms. The van der Waals surface area contributed by atoms with E-state index >= 15 is 0 Å². The first-order valence-corrected chi connectivity index (χ1v) is 7.68. The highest BCUT2D eigenvalue weighted by Crippen LogP contribution is 2.20. The minimum atomic E-state index is -0.277. The van der Waals surface area contributed by atoms with Crippen LogP contribution in [0.4, 0.5) is 10.5 Å². The molecule has 2 N–H and O–H groups in total. The van der Waals surface area contributed by atoms with Crippen molar-refractivity contribution in [3.63, 3.8) is 0 Å². The van der Waals surface area contributed by atoms with Crippen LogP contribution in [0.5, 0.6) is 0 Å². The summed E-state index contributed by atoms with van der Waals surface area (Å²) in [5.74, 6) is 0.603. The van der Waals surface area contributed by atoms with Gasteiger partial charge in [-0.2, -0.15) is 0 Å². The van der Waals surface area contributed by atoms with Gasteiger partial charge in [-0.1, -0.05) is 0 Å². The van der Waals surface area contributed by atoms with Gasteiger partial charge in [-0.25, -0.2) is 14.8 Å². The Morgan fingerprint density at radius 2 is 2.09 bits per heavy atom. The second-order valence-electron chi connectivity index (χ2n) is 4.97. The number of hydrogen-bond donors (Lipinski definition) is 2. The van der Waals surface area contributed by atoms with Crippen molar-refractivity contribution < 1.29 is 9.21 Å². The summed E-state index contributed by atoms with van der Waals surface area (Å²) in [7, 11) is 0. The second kappa shape index (κ2) is 5.76. The fourth-order valence-electron chi connectivity index (χ4n) is 2.06. The van der Waals surface area contributed by atoms with Crippen LogP contribution in [0.2, 0.25) is 0 Å². The highest BCUT2D eigenvalue weighted by Gasteiger charge is 2.08. The van der Waals surface area contributed by atoms with Crippen molar-refractivity contribution in [3.05, 3.63) is 39.7 Å². The number of nitrogens with one attached hydrogen (secondary N) is 2. The van der Waals surface area contributed by atoms with E-state index in [2.05, 4.69) is 20.6 Å². The van der Waals surface area contributed by atoms with Gasteiger partial charge in [0.15, 0.2) is 11.5 Å². The van der Waals surface area contributed by atoms with Crippen LogP contribution in [0.15, 0.2) is 22.6 Å². The predicted octanol–water partition coefficient (Wildman–Crippen LogP) is 3.53. The molecule has 0 atom stereocenters. The molecule has 6 nitrogen and oxygen atoms in total. The number of benzene rings is 1. The molecule has 0 bridgehead atoms. The zero-order valence-corrected chi connectivity index (χ0v) is 13.4. The van der Waals surface area contributed by atoms with E-state index < -0.39 is 0 Å². The van der Waals surface area contributed by atoms with Gasteiger partial charge in [0, 0.05) is 23.6 Å². The molecule has 0 fully saturated rings. The zero-order valence-electron chi connectivity index (χ0n) is 12.6. The lowest BCUT2D eigenvalue weighted by Gasteiger charge is -2.06. The van der Waals surface area contributed by atoms with E-state index in [-0.39, 0.29) is 6.03 Å². The molecule has 7 heteroatoms. The van der Waals surface area contributed by atoms with Crippen molar-refractivity contribution >= 4 is 34.2 Å². The minimum Gasteiger partial charge on any atom is -0.441 e. The highest BCUT2D eigenvalue weighted by atomic mass is 32.1. The average molecular weight is 316 g/mol. The molecule has 1 aromatic carbocycles. The summed E-state index contributed by atoms with van der Waals surface area (Å²) in [6, 6.07) is 5.09. The highest BCUT2D eigenvalue weighted by molar-refractivity contribution is 7.11. The summed E-state index contributed by atoms with van der Waals surface area (Å²) in [6.45, 7) is 6.18. The van der Waals surface area contributed by atoms with Crippen LogP contribution < -0.4 is 10.6 Å². The molecule has 0 aliphatic carbocycles. The number of aryl methyl sites for hydroxylation is 3. The smallest absolute Gasteiger partial charge is 0.319 e. The summed E-state index contributed by atoms with van der Waals surface area (Å²) in [5.41, 5.74) is 3.10. The number of rotatable bonds is 3. The normalized spacial score (nSPS) is 10.9. The number of nitrogens with zero attached hydrogens (tertiary/aromatic N) is 2. The van der Waals surface area contributed by atoms with Gasteiger partial charge in [0.2, 0.25) is 0 Å². The summed E-state index contributed by atoms with van der Waals surface area (Å²) in [5, 5.41) is 6.46. The molecule has 0 unspecified atom stereocenters. The molecule has 0 spiro atoms. The van der Waals surface area contributed by atoms with Crippen LogP contribution in [0, 0.1) is 20.8 Å². The van der Waals surface area contributed by atoms with Crippen molar-refractivity contribution in [3.8, 4) is 0 Å². The fraction of sp³-hybridized carbons (Fsp3) is 0.267. The molecular weight excluding hydrogens is 300 g/mol. The first kappa shape index (κ1) is 14.5. The Labute approximate surface area is 131 Å². The predicted molar refractivity (Wildman–Crippen MR) is 86.2 cm³/mol. The molecule has 0 saturated heterocycles. The average Bonchev–Trinajstić information content (AvgIpc) is 2.98. The molecular formula is C15H16N4O2S. The molecule has 2 aromatic heterocycles. The molecule has 0 radical (unpaired) electrons. The van der Waals surface area contributed by atoms with Gasteiger partial charge >= 0.3 is 6.03 Å². The third kappa shape index (κ3) is 3.09. The lowest BCUT2D eigenvalue weighted by molar-refractivity contribution is 0.251. The Morgan fingerprint density at radius 1 is 1.27 bits per heavy atom. The summed E-state index contributed by atoms with van der Waals surface area (Å²) < 4.78 is 5.44. The van der Waals surface area contributed by atoms with Crippen LogP contribution in [0.25, 0.3) is 11.1 Å². The Kier molecular flexibility index (Phi) is 3.81.